The van der Waals surface area contributed by atoms with E-state index in [0.717, 1.165) is 11.0 Å². The number of halogens is 2. The number of fused-ring (bicyclic) bond motifs is 1. The fraction of sp³-hybridized carbons (Fsp3) is 0.235. The summed E-state index contributed by atoms with van der Waals surface area (Å²) in [6.45, 7) is 1.09. The van der Waals surface area contributed by atoms with Crippen LogP contribution < -0.4 is 4.74 Å². The Bertz CT molecular complexity index is 906. The molecule has 0 atom stereocenters. The van der Waals surface area contributed by atoms with Gasteiger partial charge in [0.2, 0.25) is 0 Å². The maximum absolute atomic E-state index is 10.3. The van der Waals surface area contributed by atoms with Crippen LogP contribution in [-0.4, -0.2) is 33.5 Å². The maximum Gasteiger partial charge on any atom is 0.147 e. The van der Waals surface area contributed by atoms with Crippen LogP contribution in [0.25, 0.3) is 11.0 Å². The molecule has 2 heterocycles. The van der Waals surface area contributed by atoms with Gasteiger partial charge < -0.3 is 19.1 Å². The Hall–Kier alpha value is -1.79. The first-order valence-corrected chi connectivity index (χ1v) is 8.16. The van der Waals surface area contributed by atoms with Crippen molar-refractivity contribution in [1.29, 1.82) is 0 Å². The van der Waals surface area contributed by atoms with Crippen molar-refractivity contribution in [1.82, 2.24) is 9.55 Å². The van der Waals surface area contributed by atoms with Crippen molar-refractivity contribution in [3.8, 4) is 11.5 Å². The van der Waals surface area contributed by atoms with E-state index in [1.807, 2.05) is 22.8 Å². The molecule has 1 aliphatic heterocycles. The van der Waals surface area contributed by atoms with Crippen LogP contribution in [0.5, 0.6) is 11.5 Å². The molecule has 1 N–H and O–H groups in total. The van der Waals surface area contributed by atoms with E-state index in [-0.39, 0.29) is 0 Å². The first-order valence-electron chi connectivity index (χ1n) is 7.40. The Labute approximate surface area is 148 Å². The number of ether oxygens (including phenoxy) is 2. The van der Waals surface area contributed by atoms with Crippen molar-refractivity contribution in [3.63, 3.8) is 0 Å². The SMILES string of the molecule is OC1(Cn2cnc3ccc(Oc4cc(Cl)ccc4Cl)cc32)COC1. The molecule has 0 saturated carbocycles. The molecule has 0 unspecified atom stereocenters. The van der Waals surface area contributed by atoms with Crippen LogP contribution in [0.2, 0.25) is 10.0 Å². The van der Waals surface area contributed by atoms with E-state index >= 15 is 0 Å². The van der Waals surface area contributed by atoms with Gasteiger partial charge in [0.1, 0.15) is 17.1 Å². The second-order valence-corrected chi connectivity index (χ2v) is 6.76. The summed E-state index contributed by atoms with van der Waals surface area (Å²) >= 11 is 12.1. The highest BCUT2D eigenvalue weighted by Crippen LogP contribution is 2.33. The molecule has 2 aromatic carbocycles. The predicted molar refractivity (Wildman–Crippen MR) is 92.0 cm³/mol. The minimum Gasteiger partial charge on any atom is -0.456 e. The second kappa shape index (κ2) is 5.93. The number of hydrogen-bond donors (Lipinski definition) is 1. The smallest absolute Gasteiger partial charge is 0.147 e. The van der Waals surface area contributed by atoms with E-state index in [1.54, 1.807) is 24.5 Å². The molecule has 0 bridgehead atoms. The molecule has 24 heavy (non-hydrogen) atoms. The van der Waals surface area contributed by atoms with Gasteiger partial charge >= 0.3 is 0 Å². The highest BCUT2D eigenvalue weighted by Gasteiger charge is 2.36. The number of imidazole rings is 1. The fourth-order valence-corrected chi connectivity index (χ4v) is 2.97. The van der Waals surface area contributed by atoms with E-state index in [1.165, 1.54) is 0 Å². The molecule has 5 nitrogen and oxygen atoms in total. The van der Waals surface area contributed by atoms with Gasteiger partial charge in [0.15, 0.2) is 0 Å². The number of nitrogens with zero attached hydrogens (tertiary/aromatic N) is 2. The summed E-state index contributed by atoms with van der Waals surface area (Å²) in [4.78, 5) is 4.35. The topological polar surface area (TPSA) is 56.5 Å². The summed E-state index contributed by atoms with van der Waals surface area (Å²) in [6, 6.07) is 10.6. The molecule has 124 valence electrons. The predicted octanol–water partition coefficient (Wildman–Crippen LogP) is 3.90. The summed E-state index contributed by atoms with van der Waals surface area (Å²) in [7, 11) is 0. The molecule has 0 radical (unpaired) electrons. The van der Waals surface area contributed by atoms with Gasteiger partial charge in [0.05, 0.1) is 42.1 Å². The van der Waals surface area contributed by atoms with Gasteiger partial charge in [-0.15, -0.1) is 0 Å². The normalized spacial score (nSPS) is 16.1. The lowest BCUT2D eigenvalue weighted by Gasteiger charge is -2.36. The molecule has 4 rings (SSSR count). The molecule has 7 heteroatoms. The second-order valence-electron chi connectivity index (χ2n) is 5.92. The van der Waals surface area contributed by atoms with Crippen molar-refractivity contribution in [2.45, 2.75) is 12.1 Å². The van der Waals surface area contributed by atoms with E-state index in [4.69, 9.17) is 32.7 Å². The lowest BCUT2D eigenvalue weighted by molar-refractivity contribution is -0.184. The van der Waals surface area contributed by atoms with Gasteiger partial charge in [-0.1, -0.05) is 23.2 Å². The zero-order chi connectivity index (χ0) is 16.7. The summed E-state index contributed by atoms with van der Waals surface area (Å²) < 4.78 is 12.8. The Morgan fingerprint density at radius 2 is 2.04 bits per heavy atom. The minimum absolute atomic E-state index is 0.334. The monoisotopic (exact) mass is 364 g/mol. The molecule has 1 aliphatic rings. The molecule has 1 fully saturated rings. The first-order chi connectivity index (χ1) is 11.5. The highest BCUT2D eigenvalue weighted by atomic mass is 35.5. The van der Waals surface area contributed by atoms with Crippen LogP contribution in [0.1, 0.15) is 0 Å². The van der Waals surface area contributed by atoms with Crippen LogP contribution >= 0.6 is 23.2 Å². The largest absolute Gasteiger partial charge is 0.456 e. The quantitative estimate of drug-likeness (QED) is 0.762. The molecular formula is C17H14Cl2N2O3. The third-order valence-corrected chi connectivity index (χ3v) is 4.47. The Kier molecular flexibility index (Phi) is 3.89. The molecular weight excluding hydrogens is 351 g/mol. The number of aromatic nitrogens is 2. The first kappa shape index (κ1) is 15.7. The number of rotatable bonds is 4. The minimum atomic E-state index is -0.833. The van der Waals surface area contributed by atoms with Crippen LogP contribution in [0, 0.1) is 0 Å². The van der Waals surface area contributed by atoms with Gasteiger partial charge in [0, 0.05) is 17.2 Å². The van der Waals surface area contributed by atoms with Gasteiger partial charge in [-0.05, 0) is 24.3 Å². The summed E-state index contributed by atoms with van der Waals surface area (Å²) in [6.07, 6.45) is 1.71. The van der Waals surface area contributed by atoms with Crippen molar-refractivity contribution in [2.75, 3.05) is 13.2 Å². The van der Waals surface area contributed by atoms with Crippen molar-refractivity contribution in [2.24, 2.45) is 0 Å². The van der Waals surface area contributed by atoms with Crippen LogP contribution in [-0.2, 0) is 11.3 Å². The maximum atomic E-state index is 10.3. The fourth-order valence-electron chi connectivity index (χ4n) is 2.65. The third-order valence-electron chi connectivity index (χ3n) is 3.92. The highest BCUT2D eigenvalue weighted by molar-refractivity contribution is 6.34. The van der Waals surface area contributed by atoms with Crippen molar-refractivity contribution >= 4 is 34.2 Å². The molecule has 0 spiro atoms. The summed E-state index contributed by atoms with van der Waals surface area (Å²) in [5.74, 6) is 1.10. The Balaban J connectivity index is 1.65. The van der Waals surface area contributed by atoms with Crippen LogP contribution in [0.15, 0.2) is 42.7 Å². The molecule has 0 aliphatic carbocycles. The van der Waals surface area contributed by atoms with Gasteiger partial charge in [0.25, 0.3) is 0 Å². The molecule has 0 amide bonds. The standard InChI is InChI=1S/C17H14Cl2N2O3/c18-11-1-3-13(19)16(5-11)24-12-2-4-14-15(6-12)21(10-20-14)7-17(22)8-23-9-17/h1-6,10,22H,7-9H2. The Morgan fingerprint density at radius 3 is 2.79 bits per heavy atom. The van der Waals surface area contributed by atoms with Gasteiger partial charge in [-0.3, -0.25) is 0 Å². The van der Waals surface area contributed by atoms with Gasteiger partial charge in [-0.2, -0.15) is 0 Å². The average Bonchev–Trinajstić information content (AvgIpc) is 2.92. The summed E-state index contributed by atoms with van der Waals surface area (Å²) in [5.41, 5.74) is 0.857. The number of hydrogen-bond acceptors (Lipinski definition) is 4. The zero-order valence-electron chi connectivity index (χ0n) is 12.6. The van der Waals surface area contributed by atoms with Crippen LogP contribution in [0.4, 0.5) is 0 Å². The van der Waals surface area contributed by atoms with Crippen molar-refractivity contribution < 1.29 is 14.6 Å². The lowest BCUT2D eigenvalue weighted by Crippen LogP contribution is -2.52. The lowest BCUT2D eigenvalue weighted by atomic mass is 10.0. The molecule has 1 aromatic heterocycles. The van der Waals surface area contributed by atoms with Gasteiger partial charge in [-0.25, -0.2) is 4.98 Å². The molecule has 3 aromatic rings. The summed E-state index contributed by atoms with van der Waals surface area (Å²) in [5, 5.41) is 11.3. The Morgan fingerprint density at radius 1 is 1.21 bits per heavy atom. The van der Waals surface area contributed by atoms with E-state index < -0.39 is 5.60 Å². The zero-order valence-corrected chi connectivity index (χ0v) is 14.1. The van der Waals surface area contributed by atoms with E-state index in [9.17, 15) is 5.11 Å². The van der Waals surface area contributed by atoms with E-state index in [2.05, 4.69) is 4.98 Å². The number of benzene rings is 2. The average molecular weight is 365 g/mol. The number of aliphatic hydroxyl groups is 1. The molecule has 1 saturated heterocycles. The van der Waals surface area contributed by atoms with Crippen LogP contribution in [0.3, 0.4) is 0 Å². The van der Waals surface area contributed by atoms with E-state index in [0.29, 0.717) is 41.3 Å². The third kappa shape index (κ3) is 2.96. The van der Waals surface area contributed by atoms with Crippen molar-refractivity contribution in [3.05, 3.63) is 52.8 Å².